The van der Waals surface area contributed by atoms with Crippen molar-refractivity contribution >= 4 is 5.97 Å². The molecular formula is C12H18N2O3. The third kappa shape index (κ3) is 1.52. The molecule has 0 bridgehead atoms. The van der Waals surface area contributed by atoms with Crippen LogP contribution in [0, 0.1) is 18.3 Å². The van der Waals surface area contributed by atoms with Crippen molar-refractivity contribution in [3.63, 3.8) is 0 Å². The topological polar surface area (TPSA) is 64.3 Å². The molecule has 94 valence electrons. The van der Waals surface area contributed by atoms with E-state index in [1.54, 1.807) is 18.8 Å². The van der Waals surface area contributed by atoms with Gasteiger partial charge in [-0.25, -0.2) is 4.68 Å². The summed E-state index contributed by atoms with van der Waals surface area (Å²) in [4.78, 5) is 11.2. The molecule has 2 rings (SSSR count). The van der Waals surface area contributed by atoms with Crippen LogP contribution in [0.3, 0.4) is 0 Å². The monoisotopic (exact) mass is 238 g/mol. The first kappa shape index (κ1) is 12.0. The number of aryl methyl sites for hydroxylation is 2. The molecule has 0 spiro atoms. The Morgan fingerprint density at radius 2 is 2.12 bits per heavy atom. The predicted octanol–water partition coefficient (Wildman–Crippen LogP) is 1.56. The van der Waals surface area contributed by atoms with E-state index in [1.807, 2.05) is 20.8 Å². The van der Waals surface area contributed by atoms with Gasteiger partial charge in [0.1, 0.15) is 0 Å². The Balaban J connectivity index is 2.46. The molecule has 2 atom stereocenters. The molecule has 1 saturated carbocycles. The van der Waals surface area contributed by atoms with Gasteiger partial charge in [-0.15, -0.1) is 0 Å². The Bertz CT molecular complexity index is 476. The molecule has 0 saturated heterocycles. The average molecular weight is 238 g/mol. The largest absolute Gasteiger partial charge is 0.481 e. The number of aromatic nitrogens is 2. The highest BCUT2D eigenvalue weighted by molar-refractivity contribution is 5.78. The first-order valence-electron chi connectivity index (χ1n) is 5.62. The summed E-state index contributed by atoms with van der Waals surface area (Å²) in [6.07, 6.45) is 0. The van der Waals surface area contributed by atoms with Gasteiger partial charge < -0.3 is 9.84 Å². The Kier molecular flexibility index (Phi) is 2.45. The molecule has 17 heavy (non-hydrogen) atoms. The first-order chi connectivity index (χ1) is 7.82. The second kappa shape index (κ2) is 3.48. The van der Waals surface area contributed by atoms with Crippen LogP contribution in [0.15, 0.2) is 0 Å². The number of hydrogen-bond donors (Lipinski definition) is 1. The molecule has 1 N–H and O–H groups in total. The molecule has 1 aromatic rings. The summed E-state index contributed by atoms with van der Waals surface area (Å²) in [5.41, 5.74) is 1.56. The molecule has 2 unspecified atom stereocenters. The van der Waals surface area contributed by atoms with E-state index in [0.29, 0.717) is 5.88 Å². The van der Waals surface area contributed by atoms with Gasteiger partial charge in [0.2, 0.25) is 5.88 Å². The summed E-state index contributed by atoms with van der Waals surface area (Å²) in [7, 11) is 3.39. The second-order valence-electron chi connectivity index (χ2n) is 5.25. The van der Waals surface area contributed by atoms with E-state index in [2.05, 4.69) is 5.10 Å². The van der Waals surface area contributed by atoms with Crippen LogP contribution >= 0.6 is 0 Å². The Hall–Kier alpha value is -1.52. The van der Waals surface area contributed by atoms with Crippen molar-refractivity contribution in [1.29, 1.82) is 0 Å². The van der Waals surface area contributed by atoms with E-state index < -0.39 is 5.97 Å². The molecule has 0 aromatic carbocycles. The summed E-state index contributed by atoms with van der Waals surface area (Å²) in [5.74, 6) is -0.433. The number of carboxylic acids is 1. The Morgan fingerprint density at radius 1 is 1.53 bits per heavy atom. The summed E-state index contributed by atoms with van der Waals surface area (Å²) < 4.78 is 6.99. The van der Waals surface area contributed by atoms with Gasteiger partial charge in [-0.05, 0) is 12.3 Å². The van der Waals surface area contributed by atoms with E-state index in [4.69, 9.17) is 4.74 Å². The number of carboxylic acid groups (broad SMARTS) is 1. The highest BCUT2D eigenvalue weighted by atomic mass is 16.5. The van der Waals surface area contributed by atoms with Gasteiger partial charge in [0.05, 0.1) is 18.7 Å². The zero-order chi connectivity index (χ0) is 13.0. The van der Waals surface area contributed by atoms with Gasteiger partial charge in [0.15, 0.2) is 0 Å². The van der Waals surface area contributed by atoms with Gasteiger partial charge in [-0.2, -0.15) is 5.10 Å². The van der Waals surface area contributed by atoms with E-state index >= 15 is 0 Å². The minimum absolute atomic E-state index is 0.0105. The third-order valence-electron chi connectivity index (χ3n) is 3.81. The first-order valence-corrected chi connectivity index (χ1v) is 5.62. The molecule has 1 fully saturated rings. The van der Waals surface area contributed by atoms with Crippen LogP contribution in [0.5, 0.6) is 5.88 Å². The van der Waals surface area contributed by atoms with Crippen LogP contribution < -0.4 is 4.74 Å². The van der Waals surface area contributed by atoms with E-state index in [-0.39, 0.29) is 17.3 Å². The summed E-state index contributed by atoms with van der Waals surface area (Å²) in [5, 5.41) is 13.5. The molecule has 0 amide bonds. The van der Waals surface area contributed by atoms with Crippen molar-refractivity contribution < 1.29 is 14.6 Å². The molecule has 1 heterocycles. The zero-order valence-electron chi connectivity index (χ0n) is 10.8. The van der Waals surface area contributed by atoms with Crippen LogP contribution in [0.25, 0.3) is 0 Å². The molecule has 1 aliphatic carbocycles. The standard InChI is InChI=1S/C12H18N2O3/c1-6-7(10(17-5)14(4)13-6)8-9(11(15)16)12(8,2)3/h8-9H,1-5H3,(H,15,16). The fourth-order valence-corrected chi connectivity index (χ4v) is 2.89. The molecule has 0 radical (unpaired) electrons. The number of aliphatic carboxylic acids is 1. The van der Waals surface area contributed by atoms with Gasteiger partial charge >= 0.3 is 5.97 Å². The quantitative estimate of drug-likeness (QED) is 0.868. The van der Waals surface area contributed by atoms with Crippen LogP contribution in [-0.4, -0.2) is 28.0 Å². The molecular weight excluding hydrogens is 220 g/mol. The maximum Gasteiger partial charge on any atom is 0.307 e. The van der Waals surface area contributed by atoms with Gasteiger partial charge in [-0.1, -0.05) is 13.8 Å². The van der Waals surface area contributed by atoms with Crippen molar-refractivity contribution in [2.45, 2.75) is 26.7 Å². The fraction of sp³-hybridized carbons (Fsp3) is 0.667. The Labute approximate surface area is 100 Å². The zero-order valence-corrected chi connectivity index (χ0v) is 10.8. The number of methoxy groups -OCH3 is 1. The summed E-state index contributed by atoms with van der Waals surface area (Å²) in [6, 6.07) is 0. The molecule has 0 aliphatic heterocycles. The Morgan fingerprint density at radius 3 is 2.53 bits per heavy atom. The van der Waals surface area contributed by atoms with Crippen LogP contribution in [0.2, 0.25) is 0 Å². The minimum atomic E-state index is -0.745. The summed E-state index contributed by atoms with van der Waals surface area (Å²) >= 11 is 0. The van der Waals surface area contributed by atoms with Crippen LogP contribution in [-0.2, 0) is 11.8 Å². The molecule has 1 aromatic heterocycles. The maximum atomic E-state index is 11.2. The number of ether oxygens (including phenoxy) is 1. The van der Waals surface area contributed by atoms with Crippen molar-refractivity contribution in [3.05, 3.63) is 11.3 Å². The highest BCUT2D eigenvalue weighted by Crippen LogP contribution is 2.66. The summed E-state index contributed by atoms with van der Waals surface area (Å²) in [6.45, 7) is 5.84. The average Bonchev–Trinajstić information content (AvgIpc) is 2.63. The van der Waals surface area contributed by atoms with E-state index in [1.165, 1.54) is 0 Å². The highest BCUT2D eigenvalue weighted by Gasteiger charge is 2.64. The minimum Gasteiger partial charge on any atom is -0.481 e. The third-order valence-corrected chi connectivity index (χ3v) is 3.81. The number of hydrogen-bond acceptors (Lipinski definition) is 3. The lowest BCUT2D eigenvalue weighted by Gasteiger charge is -2.05. The number of rotatable bonds is 3. The molecule has 5 heteroatoms. The number of nitrogens with zero attached hydrogens (tertiary/aromatic N) is 2. The lowest BCUT2D eigenvalue weighted by Crippen LogP contribution is -2.03. The molecule has 1 aliphatic rings. The van der Waals surface area contributed by atoms with Gasteiger partial charge in [-0.3, -0.25) is 4.79 Å². The van der Waals surface area contributed by atoms with Crippen molar-refractivity contribution in [3.8, 4) is 5.88 Å². The van der Waals surface area contributed by atoms with Gasteiger partial charge in [0.25, 0.3) is 0 Å². The fourth-order valence-electron chi connectivity index (χ4n) is 2.89. The van der Waals surface area contributed by atoms with Crippen molar-refractivity contribution in [1.82, 2.24) is 9.78 Å². The van der Waals surface area contributed by atoms with E-state index in [0.717, 1.165) is 11.3 Å². The van der Waals surface area contributed by atoms with Crippen LogP contribution in [0.4, 0.5) is 0 Å². The predicted molar refractivity (Wildman–Crippen MR) is 62.1 cm³/mol. The maximum absolute atomic E-state index is 11.2. The second-order valence-corrected chi connectivity index (χ2v) is 5.25. The lowest BCUT2D eigenvalue weighted by molar-refractivity contribution is -0.139. The lowest BCUT2D eigenvalue weighted by atomic mass is 10.0. The van der Waals surface area contributed by atoms with Crippen LogP contribution in [0.1, 0.15) is 31.0 Å². The van der Waals surface area contributed by atoms with Gasteiger partial charge in [0, 0.05) is 18.5 Å². The van der Waals surface area contributed by atoms with Crippen molar-refractivity contribution in [2.24, 2.45) is 18.4 Å². The van der Waals surface area contributed by atoms with Crippen molar-refractivity contribution in [2.75, 3.05) is 7.11 Å². The van der Waals surface area contributed by atoms with E-state index in [9.17, 15) is 9.90 Å². The smallest absolute Gasteiger partial charge is 0.307 e. The SMILES string of the molecule is COc1c(C2C(C(=O)O)C2(C)C)c(C)nn1C. The molecule has 5 nitrogen and oxygen atoms in total. The normalized spacial score (nSPS) is 25.7. The number of carbonyl (C=O) groups is 1.